The normalized spacial score (nSPS) is 22.0. The zero-order chi connectivity index (χ0) is 16.0. The van der Waals surface area contributed by atoms with Crippen LogP contribution >= 0.6 is 11.5 Å². The Morgan fingerprint density at radius 1 is 1.18 bits per heavy atom. The van der Waals surface area contributed by atoms with Gasteiger partial charge < -0.3 is 5.32 Å². The third kappa shape index (κ3) is 3.44. The van der Waals surface area contributed by atoms with Gasteiger partial charge in [0.25, 0.3) is 0 Å². The molecule has 0 atom stereocenters. The highest BCUT2D eigenvalue weighted by Gasteiger charge is 2.41. The third-order valence-corrected chi connectivity index (χ3v) is 7.23. The van der Waals surface area contributed by atoms with Crippen LogP contribution in [0.5, 0.6) is 0 Å². The van der Waals surface area contributed by atoms with E-state index in [0.717, 1.165) is 36.6 Å². The number of piperidine rings is 1. The first-order valence-corrected chi connectivity index (χ1v) is 10.1. The molecule has 0 bridgehead atoms. The molecular weight excluding hydrogens is 320 g/mol. The second kappa shape index (κ2) is 5.72. The molecule has 0 spiro atoms. The summed E-state index contributed by atoms with van der Waals surface area (Å²) in [5.74, 6) is 0.855. The standard InChI is InChI=1S/C14H24N4O2S2/c1-14(2,3)12-16-13(21-17-12)15-10-6-8-18(9-7-10)22(19,20)11-4-5-11/h10-11H,4-9H2,1-3H3,(H,15,16,17). The summed E-state index contributed by atoms with van der Waals surface area (Å²) in [6, 6.07) is 0.284. The quantitative estimate of drug-likeness (QED) is 0.906. The lowest BCUT2D eigenvalue weighted by Crippen LogP contribution is -2.43. The number of nitrogens with one attached hydrogen (secondary N) is 1. The molecule has 1 saturated carbocycles. The maximum Gasteiger partial charge on any atom is 0.216 e. The Morgan fingerprint density at radius 2 is 1.82 bits per heavy atom. The molecule has 22 heavy (non-hydrogen) atoms. The monoisotopic (exact) mass is 344 g/mol. The minimum absolute atomic E-state index is 0.0435. The minimum Gasteiger partial charge on any atom is -0.357 e. The first-order valence-electron chi connectivity index (χ1n) is 7.86. The van der Waals surface area contributed by atoms with Crippen LogP contribution < -0.4 is 5.32 Å². The Morgan fingerprint density at radius 3 is 2.32 bits per heavy atom. The van der Waals surface area contributed by atoms with E-state index < -0.39 is 10.0 Å². The second-order valence-electron chi connectivity index (χ2n) is 7.24. The first kappa shape index (κ1) is 16.1. The molecule has 0 amide bonds. The van der Waals surface area contributed by atoms with Crippen LogP contribution in [0.2, 0.25) is 0 Å². The fourth-order valence-electron chi connectivity index (χ4n) is 2.59. The van der Waals surface area contributed by atoms with E-state index in [1.165, 1.54) is 11.5 Å². The molecule has 1 saturated heterocycles. The smallest absolute Gasteiger partial charge is 0.216 e. The van der Waals surface area contributed by atoms with Gasteiger partial charge in [-0.3, -0.25) is 0 Å². The highest BCUT2D eigenvalue weighted by atomic mass is 32.2. The van der Waals surface area contributed by atoms with Gasteiger partial charge in [-0.05, 0) is 25.7 Å². The van der Waals surface area contributed by atoms with E-state index in [-0.39, 0.29) is 16.7 Å². The van der Waals surface area contributed by atoms with Gasteiger partial charge in [-0.15, -0.1) is 0 Å². The predicted molar refractivity (Wildman–Crippen MR) is 88.8 cm³/mol. The Labute approximate surface area is 136 Å². The molecule has 1 aromatic rings. The summed E-state index contributed by atoms with van der Waals surface area (Å²) in [4.78, 5) is 4.55. The molecule has 0 aromatic carbocycles. The molecule has 1 aliphatic carbocycles. The predicted octanol–water partition coefficient (Wildman–Crippen LogP) is 2.20. The van der Waals surface area contributed by atoms with Gasteiger partial charge in [0.15, 0.2) is 0 Å². The number of rotatable bonds is 4. The van der Waals surface area contributed by atoms with E-state index >= 15 is 0 Å². The van der Waals surface area contributed by atoms with Crippen LogP contribution in [0.1, 0.15) is 52.3 Å². The molecule has 8 heteroatoms. The second-order valence-corrected chi connectivity index (χ2v) is 10.2. The molecule has 0 unspecified atom stereocenters. The zero-order valence-corrected chi connectivity index (χ0v) is 15.0. The highest BCUT2D eigenvalue weighted by molar-refractivity contribution is 7.90. The SMILES string of the molecule is CC(C)(C)c1nsc(NC2CCN(S(=O)(=O)C3CC3)CC2)n1. The lowest BCUT2D eigenvalue weighted by atomic mass is 9.96. The van der Waals surface area contributed by atoms with E-state index in [4.69, 9.17) is 0 Å². The maximum atomic E-state index is 12.2. The number of hydrogen-bond donors (Lipinski definition) is 1. The minimum atomic E-state index is -3.02. The lowest BCUT2D eigenvalue weighted by Gasteiger charge is -2.31. The Balaban J connectivity index is 1.55. The van der Waals surface area contributed by atoms with Gasteiger partial charge in [0, 0.05) is 36.1 Å². The van der Waals surface area contributed by atoms with E-state index in [1.807, 2.05) is 0 Å². The summed E-state index contributed by atoms with van der Waals surface area (Å²) in [6.45, 7) is 7.52. The third-order valence-electron chi connectivity index (χ3n) is 4.18. The van der Waals surface area contributed by atoms with Gasteiger partial charge in [0.05, 0.1) is 5.25 Å². The van der Waals surface area contributed by atoms with Crippen LogP contribution in [0, 0.1) is 0 Å². The van der Waals surface area contributed by atoms with Gasteiger partial charge in [-0.25, -0.2) is 17.7 Å². The van der Waals surface area contributed by atoms with Gasteiger partial charge in [0.1, 0.15) is 5.82 Å². The average molecular weight is 345 g/mol. The number of hydrogen-bond acceptors (Lipinski definition) is 6. The molecule has 124 valence electrons. The van der Waals surface area contributed by atoms with Crippen molar-refractivity contribution in [2.75, 3.05) is 18.4 Å². The van der Waals surface area contributed by atoms with Crippen molar-refractivity contribution in [1.82, 2.24) is 13.7 Å². The van der Waals surface area contributed by atoms with E-state index in [2.05, 4.69) is 35.4 Å². The van der Waals surface area contributed by atoms with Crippen molar-refractivity contribution in [3.63, 3.8) is 0 Å². The van der Waals surface area contributed by atoms with Crippen LogP contribution in [-0.2, 0) is 15.4 Å². The van der Waals surface area contributed by atoms with Crippen molar-refractivity contribution in [3.8, 4) is 0 Å². The highest BCUT2D eigenvalue weighted by Crippen LogP contribution is 2.32. The number of anilines is 1. The van der Waals surface area contributed by atoms with Crippen LogP contribution in [0.25, 0.3) is 0 Å². The summed E-state index contributed by atoms with van der Waals surface area (Å²) in [5, 5.41) is 4.15. The van der Waals surface area contributed by atoms with E-state index in [0.29, 0.717) is 13.1 Å². The molecule has 1 N–H and O–H groups in total. The van der Waals surface area contributed by atoms with Gasteiger partial charge in [-0.1, -0.05) is 20.8 Å². The summed E-state index contributed by atoms with van der Waals surface area (Å²) in [6.07, 6.45) is 3.33. The van der Waals surface area contributed by atoms with Gasteiger partial charge in [-0.2, -0.15) is 4.37 Å². The number of aromatic nitrogens is 2. The van der Waals surface area contributed by atoms with Crippen molar-refractivity contribution >= 4 is 26.7 Å². The van der Waals surface area contributed by atoms with Crippen LogP contribution in [0.3, 0.4) is 0 Å². The van der Waals surface area contributed by atoms with Crippen molar-refractivity contribution in [3.05, 3.63) is 5.82 Å². The fraction of sp³-hybridized carbons (Fsp3) is 0.857. The summed E-state index contributed by atoms with van der Waals surface area (Å²) < 4.78 is 30.5. The van der Waals surface area contributed by atoms with Crippen LogP contribution in [0.4, 0.5) is 5.13 Å². The van der Waals surface area contributed by atoms with Gasteiger partial charge >= 0.3 is 0 Å². The average Bonchev–Trinajstić information content (AvgIpc) is 3.20. The Hall–Kier alpha value is -0.730. The van der Waals surface area contributed by atoms with E-state index in [9.17, 15) is 8.42 Å². The summed E-state index contributed by atoms with van der Waals surface area (Å²) in [7, 11) is -3.02. The van der Waals surface area contributed by atoms with Crippen LogP contribution in [0.15, 0.2) is 0 Å². The number of nitrogens with zero attached hydrogens (tertiary/aromatic N) is 3. The molecule has 2 aliphatic rings. The van der Waals surface area contributed by atoms with E-state index in [1.54, 1.807) is 4.31 Å². The Kier molecular flexibility index (Phi) is 4.20. The molecule has 1 aliphatic heterocycles. The molecular formula is C14H24N4O2S2. The molecule has 6 nitrogen and oxygen atoms in total. The summed E-state index contributed by atoms with van der Waals surface area (Å²) in [5.41, 5.74) is -0.0435. The van der Waals surface area contributed by atoms with Gasteiger partial charge in [0.2, 0.25) is 15.2 Å². The van der Waals surface area contributed by atoms with Crippen molar-refractivity contribution < 1.29 is 8.42 Å². The molecule has 0 radical (unpaired) electrons. The largest absolute Gasteiger partial charge is 0.357 e. The Bertz CT molecular complexity index is 624. The zero-order valence-electron chi connectivity index (χ0n) is 13.4. The molecule has 3 rings (SSSR count). The summed E-state index contributed by atoms with van der Waals surface area (Å²) >= 11 is 1.39. The van der Waals surface area contributed by atoms with Crippen molar-refractivity contribution in [1.29, 1.82) is 0 Å². The molecule has 1 aromatic heterocycles. The fourth-order valence-corrected chi connectivity index (χ4v) is 5.30. The van der Waals surface area contributed by atoms with Crippen LogP contribution in [-0.4, -0.2) is 46.5 Å². The van der Waals surface area contributed by atoms with Crippen molar-refractivity contribution in [2.24, 2.45) is 0 Å². The van der Waals surface area contributed by atoms with Crippen molar-refractivity contribution in [2.45, 2.75) is 63.2 Å². The molecule has 2 heterocycles. The topological polar surface area (TPSA) is 75.2 Å². The first-order chi connectivity index (χ1) is 10.3. The lowest BCUT2D eigenvalue weighted by molar-refractivity contribution is 0.329. The molecule has 2 fully saturated rings. The maximum absolute atomic E-state index is 12.2. The number of sulfonamides is 1.